The first-order chi connectivity index (χ1) is 13.6. The van der Waals surface area contributed by atoms with E-state index in [1.165, 1.54) is 12.1 Å². The lowest BCUT2D eigenvalue weighted by Gasteiger charge is -2.12. The average Bonchev–Trinajstić information content (AvgIpc) is 2.99. The largest absolute Gasteiger partial charge is 0.481 e. The highest BCUT2D eigenvalue weighted by atomic mass is 35.5. The number of nitro benzene ring substituents is 1. The van der Waals surface area contributed by atoms with Crippen LogP contribution in [0, 0.1) is 15.9 Å². The van der Waals surface area contributed by atoms with Gasteiger partial charge in [-0.25, -0.2) is 12.4 Å². The SMILES string of the molecule is O=C(O)CCCc1cc2cc(Cl)ccc2n1S(=O)(=O)c1ccc(F)c([N+](=O)[O-])c1. The number of aryl methyl sites for hydroxylation is 1. The number of aromatic nitrogens is 1. The van der Waals surface area contributed by atoms with E-state index >= 15 is 0 Å². The Morgan fingerprint density at radius 2 is 1.93 bits per heavy atom. The van der Waals surface area contributed by atoms with Crippen LogP contribution < -0.4 is 0 Å². The second-order valence-corrected chi connectivity index (χ2v) is 8.45. The summed E-state index contributed by atoms with van der Waals surface area (Å²) in [6.45, 7) is 0. The number of carboxylic acids is 1. The van der Waals surface area contributed by atoms with Gasteiger partial charge >= 0.3 is 11.7 Å². The summed E-state index contributed by atoms with van der Waals surface area (Å²) in [5.74, 6) is -2.17. The first-order valence-electron chi connectivity index (χ1n) is 8.32. The molecule has 0 saturated carbocycles. The van der Waals surface area contributed by atoms with Crippen molar-refractivity contribution in [3.8, 4) is 0 Å². The topological polar surface area (TPSA) is 120 Å². The van der Waals surface area contributed by atoms with Gasteiger partial charge in [-0.1, -0.05) is 11.6 Å². The smallest absolute Gasteiger partial charge is 0.306 e. The Bertz CT molecular complexity index is 1240. The summed E-state index contributed by atoms with van der Waals surface area (Å²) in [5.41, 5.74) is -0.403. The molecule has 1 heterocycles. The van der Waals surface area contributed by atoms with Crippen LogP contribution in [0.2, 0.25) is 5.02 Å². The van der Waals surface area contributed by atoms with Gasteiger partial charge in [0, 0.05) is 28.6 Å². The summed E-state index contributed by atoms with van der Waals surface area (Å²) in [6.07, 6.45) is 0.143. The maximum Gasteiger partial charge on any atom is 0.306 e. The molecule has 152 valence electrons. The number of hydrogen-bond acceptors (Lipinski definition) is 5. The van der Waals surface area contributed by atoms with Gasteiger partial charge in [0.1, 0.15) is 0 Å². The minimum atomic E-state index is -4.33. The van der Waals surface area contributed by atoms with E-state index in [1.54, 1.807) is 12.1 Å². The molecule has 3 aromatic rings. The second-order valence-electron chi connectivity index (χ2n) is 6.23. The maximum absolute atomic E-state index is 13.7. The molecular formula is C18H14ClFN2O6S. The Morgan fingerprint density at radius 1 is 1.21 bits per heavy atom. The van der Waals surface area contributed by atoms with Crippen molar-refractivity contribution in [2.24, 2.45) is 0 Å². The van der Waals surface area contributed by atoms with Crippen LogP contribution in [0.1, 0.15) is 18.5 Å². The highest BCUT2D eigenvalue weighted by Crippen LogP contribution is 2.30. The zero-order valence-electron chi connectivity index (χ0n) is 14.7. The molecule has 0 unspecified atom stereocenters. The molecule has 1 aromatic heterocycles. The number of carbonyl (C=O) groups is 1. The van der Waals surface area contributed by atoms with Crippen molar-refractivity contribution < 1.29 is 27.6 Å². The third-order valence-corrected chi connectivity index (χ3v) is 6.26. The fourth-order valence-corrected chi connectivity index (χ4v) is 4.77. The second kappa shape index (κ2) is 7.80. The van der Waals surface area contributed by atoms with Crippen molar-refractivity contribution >= 4 is 44.2 Å². The van der Waals surface area contributed by atoms with Crippen molar-refractivity contribution in [2.75, 3.05) is 0 Å². The normalized spacial score (nSPS) is 11.7. The average molecular weight is 441 g/mol. The molecular weight excluding hydrogens is 427 g/mol. The number of nitro groups is 1. The van der Waals surface area contributed by atoms with Crippen molar-refractivity contribution in [1.82, 2.24) is 3.97 Å². The molecule has 0 spiro atoms. The molecule has 2 aromatic carbocycles. The first kappa shape index (κ1) is 20.7. The van der Waals surface area contributed by atoms with Crippen LogP contribution in [0.5, 0.6) is 0 Å². The molecule has 3 rings (SSSR count). The zero-order valence-corrected chi connectivity index (χ0v) is 16.3. The molecule has 1 N–H and O–H groups in total. The standard InChI is InChI=1S/C18H14ClFN2O6S/c19-12-4-7-16-11(8-12)9-13(2-1-3-18(23)24)21(16)29(27,28)14-5-6-15(20)17(10-14)22(25)26/h4-10H,1-3H2,(H,23,24). The van der Waals surface area contributed by atoms with Crippen LogP contribution >= 0.6 is 11.6 Å². The van der Waals surface area contributed by atoms with Gasteiger partial charge in [-0.05, 0) is 49.2 Å². The quantitative estimate of drug-likeness (QED) is 0.438. The van der Waals surface area contributed by atoms with Gasteiger partial charge in [-0.2, -0.15) is 4.39 Å². The van der Waals surface area contributed by atoms with E-state index in [1.807, 2.05) is 0 Å². The highest BCUT2D eigenvalue weighted by Gasteiger charge is 2.26. The summed E-state index contributed by atoms with van der Waals surface area (Å²) in [5, 5.41) is 20.7. The molecule has 0 atom stereocenters. The van der Waals surface area contributed by atoms with Crippen LogP contribution in [0.25, 0.3) is 10.9 Å². The number of halogens is 2. The summed E-state index contributed by atoms with van der Waals surface area (Å²) < 4.78 is 41.2. The van der Waals surface area contributed by atoms with E-state index in [0.717, 1.165) is 16.1 Å². The van der Waals surface area contributed by atoms with Gasteiger partial charge in [0.05, 0.1) is 15.3 Å². The zero-order chi connectivity index (χ0) is 21.3. The Hall–Kier alpha value is -2.98. The molecule has 0 aliphatic rings. The lowest BCUT2D eigenvalue weighted by atomic mass is 10.2. The Balaban J connectivity index is 2.19. The molecule has 11 heteroatoms. The summed E-state index contributed by atoms with van der Waals surface area (Å²) in [6, 6.07) is 8.42. The van der Waals surface area contributed by atoms with E-state index in [4.69, 9.17) is 16.7 Å². The van der Waals surface area contributed by atoms with Crippen LogP contribution in [-0.2, 0) is 21.2 Å². The number of aliphatic carboxylic acids is 1. The molecule has 0 fully saturated rings. The molecule has 8 nitrogen and oxygen atoms in total. The number of rotatable bonds is 7. The highest BCUT2D eigenvalue weighted by molar-refractivity contribution is 7.90. The van der Waals surface area contributed by atoms with Crippen LogP contribution in [-0.4, -0.2) is 28.4 Å². The van der Waals surface area contributed by atoms with Crippen molar-refractivity contribution in [3.05, 3.63) is 69.1 Å². The van der Waals surface area contributed by atoms with E-state index < -0.39 is 37.3 Å². The van der Waals surface area contributed by atoms with Gasteiger partial charge in [-0.3, -0.25) is 14.9 Å². The van der Waals surface area contributed by atoms with E-state index in [9.17, 15) is 27.7 Å². The Labute approximate surface area is 169 Å². The Kier molecular flexibility index (Phi) is 5.58. The van der Waals surface area contributed by atoms with E-state index in [-0.39, 0.29) is 30.5 Å². The summed E-state index contributed by atoms with van der Waals surface area (Å²) >= 11 is 5.98. The lowest BCUT2D eigenvalue weighted by molar-refractivity contribution is -0.387. The number of carboxylic acid groups (broad SMARTS) is 1. The van der Waals surface area contributed by atoms with Gasteiger partial charge < -0.3 is 5.11 Å². The number of fused-ring (bicyclic) bond motifs is 1. The number of hydrogen-bond donors (Lipinski definition) is 1. The molecule has 0 amide bonds. The van der Waals surface area contributed by atoms with E-state index in [0.29, 0.717) is 16.5 Å². The molecule has 0 bridgehead atoms. The molecule has 0 aliphatic heterocycles. The maximum atomic E-state index is 13.7. The van der Waals surface area contributed by atoms with Crippen LogP contribution in [0.4, 0.5) is 10.1 Å². The molecule has 0 saturated heterocycles. The summed E-state index contributed by atoms with van der Waals surface area (Å²) in [4.78, 5) is 20.3. The van der Waals surface area contributed by atoms with Crippen LogP contribution in [0.3, 0.4) is 0 Å². The fraction of sp³-hybridized carbons (Fsp3) is 0.167. The van der Waals surface area contributed by atoms with Gasteiger partial charge in [-0.15, -0.1) is 0 Å². The number of benzene rings is 2. The monoisotopic (exact) mass is 440 g/mol. The van der Waals surface area contributed by atoms with Gasteiger partial charge in [0.25, 0.3) is 10.0 Å². The van der Waals surface area contributed by atoms with Crippen molar-refractivity contribution in [3.63, 3.8) is 0 Å². The van der Waals surface area contributed by atoms with E-state index in [2.05, 4.69) is 0 Å². The minimum Gasteiger partial charge on any atom is -0.481 e. The predicted octanol–water partition coefficient (Wildman–Crippen LogP) is 3.99. The van der Waals surface area contributed by atoms with Gasteiger partial charge in [0.15, 0.2) is 0 Å². The van der Waals surface area contributed by atoms with Crippen molar-refractivity contribution in [2.45, 2.75) is 24.2 Å². The summed E-state index contributed by atoms with van der Waals surface area (Å²) in [7, 11) is -4.33. The number of nitrogens with zero attached hydrogens (tertiary/aromatic N) is 2. The minimum absolute atomic E-state index is 0.126. The van der Waals surface area contributed by atoms with Crippen molar-refractivity contribution in [1.29, 1.82) is 0 Å². The Morgan fingerprint density at radius 3 is 2.59 bits per heavy atom. The molecule has 0 aliphatic carbocycles. The third-order valence-electron chi connectivity index (χ3n) is 4.27. The predicted molar refractivity (Wildman–Crippen MR) is 103 cm³/mol. The lowest BCUT2D eigenvalue weighted by Crippen LogP contribution is -2.16. The third kappa shape index (κ3) is 4.08. The fourth-order valence-electron chi connectivity index (χ4n) is 3.00. The molecule has 0 radical (unpaired) electrons. The van der Waals surface area contributed by atoms with Crippen LogP contribution in [0.15, 0.2) is 47.4 Å². The van der Waals surface area contributed by atoms with Gasteiger partial charge in [0.2, 0.25) is 5.82 Å². The molecule has 29 heavy (non-hydrogen) atoms. The first-order valence-corrected chi connectivity index (χ1v) is 10.1.